The first kappa shape index (κ1) is 18.0. The molecule has 0 saturated carbocycles. The predicted molar refractivity (Wildman–Crippen MR) is 95.4 cm³/mol. The van der Waals surface area contributed by atoms with Crippen molar-refractivity contribution in [2.45, 2.75) is 25.9 Å². The van der Waals surface area contributed by atoms with Gasteiger partial charge < -0.3 is 14.2 Å². The van der Waals surface area contributed by atoms with Gasteiger partial charge in [0.1, 0.15) is 13.8 Å². The summed E-state index contributed by atoms with van der Waals surface area (Å²) in [6, 6.07) is 7.32. The molecule has 0 bridgehead atoms. The summed E-state index contributed by atoms with van der Waals surface area (Å²) in [5.74, 6) is 3.09. The first-order valence-corrected chi connectivity index (χ1v) is 11.0. The fourth-order valence-corrected chi connectivity index (χ4v) is 2.44. The minimum absolute atomic E-state index is 0.497. The Morgan fingerprint density at radius 2 is 1.96 bits per heavy atom. The van der Waals surface area contributed by atoms with E-state index in [0.29, 0.717) is 5.75 Å². The molecule has 1 heterocycles. The van der Waals surface area contributed by atoms with Gasteiger partial charge in [0.2, 0.25) is 0 Å². The highest BCUT2D eigenvalue weighted by atomic mass is 28.3. The maximum atomic E-state index is 11.5. The molecule has 1 aromatic carbocycles. The molecular weight excluding hydrogens is 322 g/mol. The van der Waals surface area contributed by atoms with Crippen molar-refractivity contribution in [3.05, 3.63) is 36.0 Å². The summed E-state index contributed by atoms with van der Waals surface area (Å²) in [4.78, 5) is 16.0. The van der Waals surface area contributed by atoms with Gasteiger partial charge in [-0.05, 0) is 24.3 Å². The third kappa shape index (κ3) is 4.81. The number of fused-ring (bicyclic) bond motifs is 1. The van der Waals surface area contributed by atoms with Crippen LogP contribution in [0.3, 0.4) is 0 Å². The molecule has 0 amide bonds. The van der Waals surface area contributed by atoms with Gasteiger partial charge in [0.25, 0.3) is 6.29 Å². The standard InChI is InChI=1S/C18H21NO4Si/c1-21-17(20)18(22-2)23-15-6-7-16-14(11-15)10-13(12-19-16)8-9-24(3,4)5/h6-7,10-12,18H,1-5H3. The smallest absolute Gasteiger partial charge is 0.376 e. The summed E-state index contributed by atoms with van der Waals surface area (Å²) in [6.07, 6.45) is 0.665. The van der Waals surface area contributed by atoms with Crippen molar-refractivity contribution in [3.63, 3.8) is 0 Å². The molecule has 0 fully saturated rings. The second-order valence-electron chi connectivity index (χ2n) is 6.29. The molecule has 0 aliphatic rings. The van der Waals surface area contributed by atoms with E-state index in [1.165, 1.54) is 14.2 Å². The summed E-state index contributed by atoms with van der Waals surface area (Å²) in [6.45, 7) is 6.58. The molecule has 1 aromatic heterocycles. The van der Waals surface area contributed by atoms with Crippen molar-refractivity contribution in [3.8, 4) is 17.2 Å². The van der Waals surface area contributed by atoms with Crippen LogP contribution in [0.5, 0.6) is 5.75 Å². The van der Waals surface area contributed by atoms with E-state index in [-0.39, 0.29) is 0 Å². The number of pyridine rings is 1. The van der Waals surface area contributed by atoms with Gasteiger partial charge >= 0.3 is 5.97 Å². The van der Waals surface area contributed by atoms with Gasteiger partial charge in [-0.3, -0.25) is 4.98 Å². The zero-order valence-electron chi connectivity index (χ0n) is 14.5. The number of carbonyl (C=O) groups is 1. The molecule has 0 spiro atoms. The molecule has 0 saturated heterocycles. The van der Waals surface area contributed by atoms with E-state index in [0.717, 1.165) is 16.5 Å². The number of nitrogens with zero attached hydrogens (tertiary/aromatic N) is 1. The minimum atomic E-state index is -1.44. The normalized spacial score (nSPS) is 12.2. The molecule has 0 aliphatic carbocycles. The second kappa shape index (κ2) is 7.47. The SMILES string of the molecule is COC(=O)C(OC)Oc1ccc2ncc(C#C[Si](C)(C)C)cc2c1. The molecule has 0 radical (unpaired) electrons. The Kier molecular flexibility index (Phi) is 5.60. The highest BCUT2D eigenvalue weighted by Crippen LogP contribution is 2.21. The number of carbonyl (C=O) groups excluding carboxylic acids is 1. The average Bonchev–Trinajstić information content (AvgIpc) is 2.56. The van der Waals surface area contributed by atoms with Crippen molar-refractivity contribution >= 4 is 24.9 Å². The summed E-state index contributed by atoms with van der Waals surface area (Å²) >= 11 is 0. The molecule has 1 atom stereocenters. The second-order valence-corrected chi connectivity index (χ2v) is 11.0. The van der Waals surface area contributed by atoms with Gasteiger partial charge in [-0.25, -0.2) is 4.79 Å². The number of rotatable bonds is 4. The van der Waals surface area contributed by atoms with Crippen LogP contribution in [0.4, 0.5) is 0 Å². The third-order valence-corrected chi connectivity index (χ3v) is 3.96. The summed E-state index contributed by atoms with van der Waals surface area (Å²) in [5.41, 5.74) is 5.00. The third-order valence-electron chi connectivity index (χ3n) is 3.09. The van der Waals surface area contributed by atoms with Crippen molar-refractivity contribution in [2.24, 2.45) is 0 Å². The Labute approximate surface area is 142 Å². The molecule has 126 valence electrons. The van der Waals surface area contributed by atoms with Gasteiger partial charge in [-0.1, -0.05) is 25.6 Å². The van der Waals surface area contributed by atoms with Gasteiger partial charge in [-0.15, -0.1) is 5.54 Å². The van der Waals surface area contributed by atoms with Crippen LogP contribution in [-0.4, -0.2) is 39.5 Å². The topological polar surface area (TPSA) is 57.7 Å². The van der Waals surface area contributed by atoms with Crippen molar-refractivity contribution in [1.82, 2.24) is 4.98 Å². The molecule has 2 aromatic rings. The van der Waals surface area contributed by atoms with Gasteiger partial charge in [0.15, 0.2) is 0 Å². The van der Waals surface area contributed by atoms with E-state index in [2.05, 4.69) is 40.8 Å². The molecule has 0 aliphatic heterocycles. The highest BCUT2D eigenvalue weighted by molar-refractivity contribution is 6.83. The largest absolute Gasteiger partial charge is 0.464 e. The van der Waals surface area contributed by atoms with Crippen LogP contribution in [0.1, 0.15) is 5.56 Å². The van der Waals surface area contributed by atoms with E-state index >= 15 is 0 Å². The number of methoxy groups -OCH3 is 2. The molecule has 5 nitrogen and oxygen atoms in total. The fourth-order valence-electron chi connectivity index (χ4n) is 1.92. The molecule has 1 unspecified atom stereocenters. The molecule has 6 heteroatoms. The van der Waals surface area contributed by atoms with Crippen LogP contribution in [0.15, 0.2) is 30.5 Å². The van der Waals surface area contributed by atoms with Crippen LogP contribution in [0.2, 0.25) is 19.6 Å². The summed E-state index contributed by atoms with van der Waals surface area (Å²) in [5, 5.41) is 0.884. The first-order valence-electron chi connectivity index (χ1n) is 7.52. The Balaban J connectivity index is 2.31. The van der Waals surface area contributed by atoms with E-state index < -0.39 is 20.3 Å². The monoisotopic (exact) mass is 343 g/mol. The zero-order valence-corrected chi connectivity index (χ0v) is 15.5. The number of hydrogen-bond acceptors (Lipinski definition) is 5. The summed E-state index contributed by atoms with van der Waals surface area (Å²) in [7, 11) is 1.22. The quantitative estimate of drug-likeness (QED) is 0.370. The van der Waals surface area contributed by atoms with Crippen molar-refractivity contribution in [2.75, 3.05) is 14.2 Å². The van der Waals surface area contributed by atoms with E-state index in [4.69, 9.17) is 9.47 Å². The van der Waals surface area contributed by atoms with Crippen LogP contribution in [0.25, 0.3) is 10.9 Å². The lowest BCUT2D eigenvalue weighted by atomic mass is 10.1. The number of esters is 1. The lowest BCUT2D eigenvalue weighted by Crippen LogP contribution is -2.30. The number of ether oxygens (including phenoxy) is 3. The molecule has 0 N–H and O–H groups in total. The molecule has 2 rings (SSSR count). The lowest BCUT2D eigenvalue weighted by Gasteiger charge is -2.15. The predicted octanol–water partition coefficient (Wildman–Crippen LogP) is 2.99. The van der Waals surface area contributed by atoms with Crippen molar-refractivity contribution < 1.29 is 19.0 Å². The van der Waals surface area contributed by atoms with Gasteiger partial charge in [0, 0.05) is 24.3 Å². The highest BCUT2D eigenvalue weighted by Gasteiger charge is 2.20. The van der Waals surface area contributed by atoms with Crippen LogP contribution in [0, 0.1) is 11.5 Å². The lowest BCUT2D eigenvalue weighted by molar-refractivity contribution is -0.170. The van der Waals surface area contributed by atoms with Crippen LogP contribution >= 0.6 is 0 Å². The van der Waals surface area contributed by atoms with Crippen LogP contribution in [-0.2, 0) is 14.3 Å². The van der Waals surface area contributed by atoms with E-state index in [1.807, 2.05) is 12.1 Å². The molecular formula is C18H21NO4Si. The average molecular weight is 343 g/mol. The zero-order chi connectivity index (χ0) is 17.7. The number of hydrogen-bond donors (Lipinski definition) is 0. The maximum Gasteiger partial charge on any atom is 0.376 e. The van der Waals surface area contributed by atoms with E-state index in [9.17, 15) is 4.79 Å². The first-order chi connectivity index (χ1) is 11.3. The number of aromatic nitrogens is 1. The van der Waals surface area contributed by atoms with Crippen molar-refractivity contribution in [1.29, 1.82) is 0 Å². The van der Waals surface area contributed by atoms with E-state index in [1.54, 1.807) is 18.3 Å². The Morgan fingerprint density at radius 1 is 1.21 bits per heavy atom. The Hall–Kier alpha value is -2.36. The Morgan fingerprint density at radius 3 is 2.58 bits per heavy atom. The maximum absolute atomic E-state index is 11.5. The Bertz CT molecular complexity index is 802. The summed E-state index contributed by atoms with van der Waals surface area (Å²) < 4.78 is 15.1. The minimum Gasteiger partial charge on any atom is -0.464 e. The van der Waals surface area contributed by atoms with Crippen LogP contribution < -0.4 is 4.74 Å². The fraction of sp³-hybridized carbons (Fsp3) is 0.333. The van der Waals surface area contributed by atoms with Gasteiger partial charge in [-0.2, -0.15) is 0 Å². The molecule has 24 heavy (non-hydrogen) atoms. The number of benzene rings is 1. The van der Waals surface area contributed by atoms with Gasteiger partial charge in [0.05, 0.1) is 12.6 Å².